The largest absolute Gasteiger partial charge is 0.316 e. The first-order valence-electron chi connectivity index (χ1n) is 8.14. The molecule has 1 atom stereocenters. The van der Waals surface area contributed by atoms with Crippen molar-refractivity contribution >= 4 is 27.3 Å². The highest BCUT2D eigenvalue weighted by molar-refractivity contribution is 9.11. The lowest BCUT2D eigenvalue weighted by Gasteiger charge is -2.56. The van der Waals surface area contributed by atoms with Crippen LogP contribution in [0.1, 0.15) is 37.0 Å². The number of halogens is 1. The van der Waals surface area contributed by atoms with Crippen molar-refractivity contribution in [3.63, 3.8) is 0 Å². The summed E-state index contributed by atoms with van der Waals surface area (Å²) in [6.07, 6.45) is 8.91. The number of nitrogens with one attached hydrogen (secondary N) is 1. The first-order chi connectivity index (χ1) is 9.72. The normalized spacial score (nSPS) is 40.2. The van der Waals surface area contributed by atoms with Crippen LogP contribution >= 0.6 is 27.3 Å². The van der Waals surface area contributed by atoms with Crippen LogP contribution in [0.25, 0.3) is 0 Å². The van der Waals surface area contributed by atoms with Crippen molar-refractivity contribution in [2.75, 3.05) is 7.05 Å². The van der Waals surface area contributed by atoms with Gasteiger partial charge in [-0.05, 0) is 103 Å². The Bertz CT molecular complexity index is 455. The second kappa shape index (κ2) is 5.40. The molecule has 1 aromatic heterocycles. The Morgan fingerprint density at radius 2 is 1.80 bits per heavy atom. The topological polar surface area (TPSA) is 12.0 Å². The summed E-state index contributed by atoms with van der Waals surface area (Å²) in [6, 6.07) is 5.19. The summed E-state index contributed by atoms with van der Waals surface area (Å²) in [5, 5.41) is 3.68. The monoisotopic (exact) mass is 353 g/mol. The zero-order valence-corrected chi connectivity index (χ0v) is 14.6. The zero-order valence-electron chi connectivity index (χ0n) is 12.1. The van der Waals surface area contributed by atoms with Gasteiger partial charge in [-0.1, -0.05) is 0 Å². The fourth-order valence-corrected chi connectivity index (χ4v) is 7.27. The Hall–Kier alpha value is 0.140. The van der Waals surface area contributed by atoms with Crippen LogP contribution in [-0.4, -0.2) is 13.1 Å². The van der Waals surface area contributed by atoms with Gasteiger partial charge in [-0.15, -0.1) is 11.3 Å². The molecular formula is C17H24BrNS. The van der Waals surface area contributed by atoms with E-state index in [2.05, 4.69) is 40.4 Å². The van der Waals surface area contributed by atoms with Crippen molar-refractivity contribution in [3.8, 4) is 0 Å². The van der Waals surface area contributed by atoms with Crippen LogP contribution in [0.2, 0.25) is 0 Å². The minimum absolute atomic E-state index is 0.690. The molecule has 4 fully saturated rings. The Labute approximate surface area is 134 Å². The summed E-state index contributed by atoms with van der Waals surface area (Å²) in [5.41, 5.74) is 0. The first-order valence-corrected chi connectivity index (χ1v) is 9.75. The van der Waals surface area contributed by atoms with Gasteiger partial charge in [0.25, 0.3) is 0 Å². The minimum atomic E-state index is 0.690. The SMILES string of the molecule is CNC(Cc1ccc(Br)s1)C1C2CC3CC(C2)CC1C3. The quantitative estimate of drug-likeness (QED) is 0.825. The van der Waals surface area contributed by atoms with Gasteiger partial charge in [0.15, 0.2) is 0 Å². The molecule has 5 rings (SSSR count). The number of likely N-dealkylation sites (N-methyl/N-ethyl adjacent to an activating group) is 1. The molecule has 0 amide bonds. The molecule has 3 heteroatoms. The fourth-order valence-electron chi connectivity index (χ4n) is 5.73. The Morgan fingerprint density at radius 3 is 2.30 bits per heavy atom. The average molecular weight is 354 g/mol. The van der Waals surface area contributed by atoms with E-state index in [1.165, 1.54) is 40.8 Å². The number of hydrogen-bond acceptors (Lipinski definition) is 2. The average Bonchev–Trinajstić information content (AvgIpc) is 2.81. The number of hydrogen-bond donors (Lipinski definition) is 1. The van der Waals surface area contributed by atoms with Gasteiger partial charge in [-0.3, -0.25) is 0 Å². The molecule has 1 aromatic rings. The second-order valence-corrected chi connectivity index (χ2v) is 9.86. The molecule has 4 saturated carbocycles. The summed E-state index contributed by atoms with van der Waals surface area (Å²) < 4.78 is 1.27. The maximum atomic E-state index is 3.68. The van der Waals surface area contributed by atoms with Crippen LogP contribution in [-0.2, 0) is 6.42 Å². The van der Waals surface area contributed by atoms with Crippen LogP contribution in [0.5, 0.6) is 0 Å². The van der Waals surface area contributed by atoms with E-state index in [1.807, 2.05) is 11.3 Å². The summed E-state index contributed by atoms with van der Waals surface area (Å²) in [6.45, 7) is 0. The van der Waals surface area contributed by atoms with Gasteiger partial charge in [0.05, 0.1) is 3.79 Å². The third-order valence-electron chi connectivity index (χ3n) is 6.19. The minimum Gasteiger partial charge on any atom is -0.316 e. The lowest BCUT2D eigenvalue weighted by molar-refractivity contribution is -0.0506. The van der Waals surface area contributed by atoms with Gasteiger partial charge in [0.1, 0.15) is 0 Å². The highest BCUT2D eigenvalue weighted by Crippen LogP contribution is 2.57. The van der Waals surface area contributed by atoms with Crippen molar-refractivity contribution in [1.29, 1.82) is 0 Å². The van der Waals surface area contributed by atoms with Crippen molar-refractivity contribution in [2.45, 2.75) is 44.6 Å². The van der Waals surface area contributed by atoms with E-state index in [0.717, 1.165) is 29.6 Å². The third kappa shape index (κ3) is 2.40. The molecule has 0 saturated heterocycles. The van der Waals surface area contributed by atoms with Crippen molar-refractivity contribution in [2.24, 2.45) is 29.6 Å². The van der Waals surface area contributed by atoms with E-state index in [-0.39, 0.29) is 0 Å². The van der Waals surface area contributed by atoms with Gasteiger partial charge in [-0.25, -0.2) is 0 Å². The molecule has 20 heavy (non-hydrogen) atoms. The summed E-state index contributed by atoms with van der Waals surface area (Å²) in [5.74, 6) is 5.15. The van der Waals surface area contributed by atoms with Gasteiger partial charge < -0.3 is 5.32 Å². The summed E-state index contributed by atoms with van der Waals surface area (Å²) in [4.78, 5) is 1.53. The predicted octanol–water partition coefficient (Wildman–Crippen LogP) is 4.71. The molecule has 110 valence electrons. The molecule has 0 radical (unpaired) electrons. The third-order valence-corrected chi connectivity index (χ3v) is 7.83. The molecule has 1 heterocycles. The van der Waals surface area contributed by atoms with Crippen LogP contribution < -0.4 is 5.32 Å². The molecule has 0 aromatic carbocycles. The predicted molar refractivity (Wildman–Crippen MR) is 89.1 cm³/mol. The molecule has 1 nitrogen and oxygen atoms in total. The fraction of sp³-hybridized carbons (Fsp3) is 0.765. The number of thiophene rings is 1. The standard InChI is InChI=1S/C17H24BrNS/c1-19-15(9-14-2-3-16(18)20-14)17-12-5-10-4-11(7-12)8-13(17)6-10/h2-3,10-13,15,17,19H,4-9H2,1H3. The Morgan fingerprint density at radius 1 is 1.15 bits per heavy atom. The maximum absolute atomic E-state index is 3.68. The Kier molecular flexibility index (Phi) is 3.72. The molecular weight excluding hydrogens is 330 g/mol. The van der Waals surface area contributed by atoms with E-state index < -0.39 is 0 Å². The highest BCUT2D eigenvalue weighted by atomic mass is 79.9. The highest BCUT2D eigenvalue weighted by Gasteiger charge is 2.50. The van der Waals surface area contributed by atoms with Gasteiger partial charge >= 0.3 is 0 Å². The smallest absolute Gasteiger partial charge is 0.0701 e. The second-order valence-electron chi connectivity index (χ2n) is 7.31. The van der Waals surface area contributed by atoms with E-state index >= 15 is 0 Å². The van der Waals surface area contributed by atoms with Crippen LogP contribution in [0.15, 0.2) is 15.9 Å². The lowest BCUT2D eigenvalue weighted by Crippen LogP contribution is -2.53. The summed E-state index contributed by atoms with van der Waals surface area (Å²) >= 11 is 5.51. The molecule has 0 aliphatic heterocycles. The molecule has 0 spiro atoms. The molecule has 1 N–H and O–H groups in total. The molecule has 1 unspecified atom stereocenters. The van der Waals surface area contributed by atoms with Gasteiger partial charge in [0.2, 0.25) is 0 Å². The number of rotatable bonds is 4. The van der Waals surface area contributed by atoms with Crippen molar-refractivity contribution in [3.05, 3.63) is 20.8 Å². The van der Waals surface area contributed by atoms with Crippen molar-refractivity contribution < 1.29 is 0 Å². The zero-order chi connectivity index (χ0) is 13.7. The molecule has 4 aliphatic rings. The van der Waals surface area contributed by atoms with Crippen molar-refractivity contribution in [1.82, 2.24) is 5.32 Å². The van der Waals surface area contributed by atoms with E-state index in [4.69, 9.17) is 0 Å². The van der Waals surface area contributed by atoms with Crippen LogP contribution in [0, 0.1) is 29.6 Å². The maximum Gasteiger partial charge on any atom is 0.0701 e. The van der Waals surface area contributed by atoms with E-state index in [1.54, 1.807) is 6.42 Å². The first kappa shape index (κ1) is 13.8. The van der Waals surface area contributed by atoms with E-state index in [9.17, 15) is 0 Å². The van der Waals surface area contributed by atoms with Crippen LogP contribution in [0.3, 0.4) is 0 Å². The molecule has 4 aliphatic carbocycles. The summed E-state index contributed by atoms with van der Waals surface area (Å²) in [7, 11) is 2.18. The van der Waals surface area contributed by atoms with Crippen LogP contribution in [0.4, 0.5) is 0 Å². The van der Waals surface area contributed by atoms with E-state index in [0.29, 0.717) is 6.04 Å². The van der Waals surface area contributed by atoms with Gasteiger partial charge in [0, 0.05) is 10.9 Å². The molecule has 4 bridgehead atoms. The Balaban J connectivity index is 1.52. The van der Waals surface area contributed by atoms with Gasteiger partial charge in [-0.2, -0.15) is 0 Å². The lowest BCUT2D eigenvalue weighted by atomic mass is 9.50.